The van der Waals surface area contributed by atoms with Gasteiger partial charge in [0.25, 0.3) is 0 Å². The molecule has 20 heavy (non-hydrogen) atoms. The van der Waals surface area contributed by atoms with E-state index in [2.05, 4.69) is 6.58 Å². The Labute approximate surface area is 122 Å². The van der Waals surface area contributed by atoms with Crippen molar-refractivity contribution in [3.8, 4) is 11.5 Å². The van der Waals surface area contributed by atoms with Gasteiger partial charge in [0, 0.05) is 16.3 Å². The van der Waals surface area contributed by atoms with Crippen LogP contribution in [0.1, 0.15) is 6.92 Å². The van der Waals surface area contributed by atoms with Crippen molar-refractivity contribution in [2.45, 2.75) is 11.8 Å². The van der Waals surface area contributed by atoms with Gasteiger partial charge in [-0.15, -0.1) is 11.8 Å². The SMILES string of the molecule is C=C(C)C(=O)Oc1c(SC)cc(OC)c2ccccc12. The number of rotatable bonds is 4. The fourth-order valence-electron chi connectivity index (χ4n) is 1.90. The first kappa shape index (κ1) is 14.5. The van der Waals surface area contributed by atoms with Crippen LogP contribution in [0.2, 0.25) is 0 Å². The van der Waals surface area contributed by atoms with E-state index in [-0.39, 0.29) is 0 Å². The van der Waals surface area contributed by atoms with Crippen LogP contribution in [0.5, 0.6) is 11.5 Å². The fraction of sp³-hybridized carbons (Fsp3) is 0.188. The molecule has 0 bridgehead atoms. The van der Waals surface area contributed by atoms with Gasteiger partial charge in [-0.05, 0) is 19.2 Å². The largest absolute Gasteiger partial charge is 0.496 e. The summed E-state index contributed by atoms with van der Waals surface area (Å²) in [6, 6.07) is 9.57. The molecule has 0 N–H and O–H groups in total. The Hall–Kier alpha value is -1.94. The molecule has 0 aliphatic carbocycles. The molecule has 104 valence electrons. The normalized spacial score (nSPS) is 10.3. The molecule has 0 saturated carbocycles. The third-order valence-electron chi connectivity index (χ3n) is 2.91. The third-order valence-corrected chi connectivity index (χ3v) is 3.65. The van der Waals surface area contributed by atoms with Crippen LogP contribution in [0.4, 0.5) is 0 Å². The van der Waals surface area contributed by atoms with Gasteiger partial charge in [-0.25, -0.2) is 4.79 Å². The lowest BCUT2D eigenvalue weighted by Crippen LogP contribution is -2.09. The molecular formula is C16H16O3S. The average Bonchev–Trinajstić information content (AvgIpc) is 2.47. The summed E-state index contributed by atoms with van der Waals surface area (Å²) in [6.45, 7) is 5.25. The Kier molecular flexibility index (Phi) is 4.35. The van der Waals surface area contributed by atoms with Crippen LogP contribution in [0.25, 0.3) is 10.8 Å². The molecule has 2 aromatic rings. The van der Waals surface area contributed by atoms with Crippen molar-refractivity contribution in [3.63, 3.8) is 0 Å². The quantitative estimate of drug-likeness (QED) is 0.368. The van der Waals surface area contributed by atoms with E-state index in [9.17, 15) is 4.79 Å². The molecule has 0 aliphatic heterocycles. The van der Waals surface area contributed by atoms with Gasteiger partial charge in [0.1, 0.15) is 5.75 Å². The van der Waals surface area contributed by atoms with Gasteiger partial charge in [0.15, 0.2) is 5.75 Å². The molecule has 2 rings (SSSR count). The van der Waals surface area contributed by atoms with E-state index in [1.54, 1.807) is 14.0 Å². The molecule has 0 amide bonds. The molecule has 0 spiro atoms. The van der Waals surface area contributed by atoms with E-state index in [1.165, 1.54) is 11.8 Å². The second-order valence-corrected chi connectivity index (χ2v) is 5.17. The number of carbonyl (C=O) groups is 1. The number of carbonyl (C=O) groups excluding carboxylic acids is 1. The molecule has 0 aromatic heterocycles. The monoisotopic (exact) mass is 288 g/mol. The first-order valence-electron chi connectivity index (χ1n) is 6.10. The van der Waals surface area contributed by atoms with Crippen molar-refractivity contribution in [2.75, 3.05) is 13.4 Å². The highest BCUT2D eigenvalue weighted by Gasteiger charge is 2.16. The summed E-state index contributed by atoms with van der Waals surface area (Å²) in [4.78, 5) is 12.7. The third kappa shape index (κ3) is 2.65. The van der Waals surface area contributed by atoms with Crippen molar-refractivity contribution in [1.82, 2.24) is 0 Å². The average molecular weight is 288 g/mol. The molecule has 2 aromatic carbocycles. The number of hydrogen-bond acceptors (Lipinski definition) is 4. The zero-order chi connectivity index (χ0) is 14.7. The standard InChI is InChI=1S/C16H16O3S/c1-10(2)16(17)19-15-12-8-6-5-7-11(12)13(18-3)9-14(15)20-4/h5-9H,1H2,2-4H3. The molecular weight excluding hydrogens is 272 g/mol. The lowest BCUT2D eigenvalue weighted by atomic mass is 10.1. The van der Waals surface area contributed by atoms with E-state index in [1.807, 2.05) is 36.6 Å². The minimum Gasteiger partial charge on any atom is -0.496 e. The first-order valence-corrected chi connectivity index (χ1v) is 7.32. The maximum Gasteiger partial charge on any atom is 0.338 e. The molecule has 4 heteroatoms. The van der Waals surface area contributed by atoms with Crippen LogP contribution < -0.4 is 9.47 Å². The first-order chi connectivity index (χ1) is 9.58. The molecule has 3 nitrogen and oxygen atoms in total. The van der Waals surface area contributed by atoms with Gasteiger partial charge in [0.05, 0.1) is 12.0 Å². The summed E-state index contributed by atoms with van der Waals surface area (Å²) < 4.78 is 10.9. The Morgan fingerprint density at radius 1 is 1.25 bits per heavy atom. The van der Waals surface area contributed by atoms with Gasteiger partial charge >= 0.3 is 5.97 Å². The summed E-state index contributed by atoms with van der Waals surface area (Å²) in [5.41, 5.74) is 0.372. The zero-order valence-electron chi connectivity index (χ0n) is 11.7. The van der Waals surface area contributed by atoms with Crippen LogP contribution in [0.3, 0.4) is 0 Å². The Morgan fingerprint density at radius 2 is 1.90 bits per heavy atom. The number of fused-ring (bicyclic) bond motifs is 1. The van der Waals surface area contributed by atoms with Gasteiger partial charge in [-0.3, -0.25) is 0 Å². The predicted octanol–water partition coefficient (Wildman–Crippen LogP) is 4.05. The number of hydrogen-bond donors (Lipinski definition) is 0. The summed E-state index contributed by atoms with van der Waals surface area (Å²) in [5.74, 6) is 0.901. The second kappa shape index (κ2) is 6.01. The van der Waals surface area contributed by atoms with Crippen LogP contribution in [0, 0.1) is 0 Å². The van der Waals surface area contributed by atoms with Crippen LogP contribution >= 0.6 is 11.8 Å². The van der Waals surface area contributed by atoms with Crippen molar-refractivity contribution >= 4 is 28.5 Å². The number of thioether (sulfide) groups is 1. The van der Waals surface area contributed by atoms with Gasteiger partial charge in [0.2, 0.25) is 0 Å². The van der Waals surface area contributed by atoms with Gasteiger partial charge in [-0.2, -0.15) is 0 Å². The van der Waals surface area contributed by atoms with Crippen molar-refractivity contribution in [2.24, 2.45) is 0 Å². The second-order valence-electron chi connectivity index (χ2n) is 4.33. The summed E-state index contributed by atoms with van der Waals surface area (Å²) in [6.07, 6.45) is 1.93. The van der Waals surface area contributed by atoms with Crippen molar-refractivity contribution in [1.29, 1.82) is 0 Å². The summed E-state index contributed by atoms with van der Waals surface area (Å²) in [7, 11) is 1.63. The predicted molar refractivity (Wildman–Crippen MR) is 82.7 cm³/mol. The fourth-order valence-corrected chi connectivity index (χ4v) is 2.46. The van der Waals surface area contributed by atoms with E-state index >= 15 is 0 Å². The number of esters is 1. The maximum atomic E-state index is 11.8. The van der Waals surface area contributed by atoms with Gasteiger partial charge in [-0.1, -0.05) is 30.8 Å². The molecule has 0 radical (unpaired) electrons. The van der Waals surface area contributed by atoms with Gasteiger partial charge < -0.3 is 9.47 Å². The lowest BCUT2D eigenvalue weighted by Gasteiger charge is -2.14. The molecule has 0 fully saturated rings. The van der Waals surface area contributed by atoms with E-state index in [4.69, 9.17) is 9.47 Å². The molecule has 0 unspecified atom stereocenters. The molecule has 0 atom stereocenters. The van der Waals surface area contributed by atoms with E-state index < -0.39 is 5.97 Å². The minimum atomic E-state index is -0.421. The van der Waals surface area contributed by atoms with Crippen LogP contribution in [-0.2, 0) is 4.79 Å². The Balaban J connectivity index is 2.68. The highest BCUT2D eigenvalue weighted by molar-refractivity contribution is 7.98. The van der Waals surface area contributed by atoms with Crippen molar-refractivity contribution < 1.29 is 14.3 Å². The summed E-state index contributed by atoms with van der Waals surface area (Å²) >= 11 is 1.51. The topological polar surface area (TPSA) is 35.5 Å². The smallest absolute Gasteiger partial charge is 0.338 e. The maximum absolute atomic E-state index is 11.8. The summed E-state index contributed by atoms with van der Waals surface area (Å²) in [5, 5.41) is 1.77. The van der Waals surface area contributed by atoms with E-state index in [0.717, 1.165) is 21.4 Å². The number of methoxy groups -OCH3 is 1. The highest BCUT2D eigenvalue weighted by atomic mass is 32.2. The Morgan fingerprint density at radius 3 is 2.45 bits per heavy atom. The zero-order valence-corrected chi connectivity index (χ0v) is 12.5. The molecule has 0 aliphatic rings. The lowest BCUT2D eigenvalue weighted by molar-refractivity contribution is -0.130. The molecule has 0 saturated heterocycles. The Bertz CT molecular complexity index is 677. The van der Waals surface area contributed by atoms with Crippen LogP contribution in [0.15, 0.2) is 47.4 Å². The minimum absolute atomic E-state index is 0.372. The number of benzene rings is 2. The van der Waals surface area contributed by atoms with Crippen molar-refractivity contribution in [3.05, 3.63) is 42.5 Å². The highest BCUT2D eigenvalue weighted by Crippen LogP contribution is 2.41. The van der Waals surface area contributed by atoms with Crippen LogP contribution in [-0.4, -0.2) is 19.3 Å². The molecule has 0 heterocycles. The number of ether oxygens (including phenoxy) is 2. The van der Waals surface area contributed by atoms with E-state index in [0.29, 0.717) is 11.3 Å².